The summed E-state index contributed by atoms with van der Waals surface area (Å²) >= 11 is 0. The van der Waals surface area contributed by atoms with E-state index in [0.717, 1.165) is 74.2 Å². The predicted octanol–water partition coefficient (Wildman–Crippen LogP) is 1.37. The molecule has 1 atom stereocenters. The van der Waals surface area contributed by atoms with Crippen molar-refractivity contribution >= 4 is 11.7 Å². The molecular weight excluding hydrogens is 330 g/mol. The van der Waals surface area contributed by atoms with Gasteiger partial charge in [0, 0.05) is 49.4 Å². The van der Waals surface area contributed by atoms with Gasteiger partial charge in [-0.3, -0.25) is 4.79 Å². The van der Waals surface area contributed by atoms with E-state index in [0.29, 0.717) is 6.54 Å². The van der Waals surface area contributed by atoms with Gasteiger partial charge in [0.25, 0.3) is 0 Å². The zero-order valence-electron chi connectivity index (χ0n) is 15.1. The number of aromatic nitrogens is 3. The highest BCUT2D eigenvalue weighted by Gasteiger charge is 2.27. The van der Waals surface area contributed by atoms with E-state index in [-0.39, 0.29) is 11.8 Å². The molecule has 3 heterocycles. The van der Waals surface area contributed by atoms with Gasteiger partial charge < -0.3 is 19.9 Å². The average molecular weight is 355 g/mol. The fraction of sp³-hybridized carbons (Fsp3) is 0.526. The van der Waals surface area contributed by atoms with Crippen molar-refractivity contribution in [2.24, 2.45) is 5.92 Å². The number of amides is 1. The van der Waals surface area contributed by atoms with Gasteiger partial charge >= 0.3 is 0 Å². The number of aromatic amines is 1. The number of H-pyrrole nitrogens is 1. The first-order chi connectivity index (χ1) is 12.7. The maximum Gasteiger partial charge on any atom is 0.223 e. The summed E-state index contributed by atoms with van der Waals surface area (Å²) in [6, 6.07) is 3.96. The highest BCUT2D eigenvalue weighted by Crippen LogP contribution is 2.24. The number of morpholine rings is 1. The third-order valence-electron chi connectivity index (χ3n) is 5.16. The van der Waals surface area contributed by atoms with E-state index in [4.69, 9.17) is 4.74 Å². The summed E-state index contributed by atoms with van der Waals surface area (Å²) < 4.78 is 5.42. The second-order valence-electron chi connectivity index (χ2n) is 6.99. The van der Waals surface area contributed by atoms with Crippen molar-refractivity contribution in [3.63, 3.8) is 0 Å². The topological polar surface area (TPSA) is 83.1 Å². The van der Waals surface area contributed by atoms with E-state index in [1.165, 1.54) is 0 Å². The predicted molar refractivity (Wildman–Crippen MR) is 98.0 cm³/mol. The number of anilines is 1. The van der Waals surface area contributed by atoms with Crippen molar-refractivity contribution in [3.05, 3.63) is 41.1 Å². The van der Waals surface area contributed by atoms with E-state index in [1.807, 2.05) is 19.1 Å². The molecule has 2 aromatic heterocycles. The summed E-state index contributed by atoms with van der Waals surface area (Å²) in [6.07, 6.45) is 4.26. The third kappa shape index (κ3) is 3.58. The highest BCUT2D eigenvalue weighted by atomic mass is 16.5. The van der Waals surface area contributed by atoms with Crippen LogP contribution >= 0.6 is 0 Å². The largest absolute Gasteiger partial charge is 0.378 e. The number of rotatable bonds is 4. The Balaban J connectivity index is 1.39. The molecule has 0 radical (unpaired) electrons. The van der Waals surface area contributed by atoms with Gasteiger partial charge in [0.05, 0.1) is 18.9 Å². The first-order valence-corrected chi connectivity index (χ1v) is 9.29. The van der Waals surface area contributed by atoms with Crippen molar-refractivity contribution in [2.45, 2.75) is 32.7 Å². The van der Waals surface area contributed by atoms with Gasteiger partial charge in [-0.2, -0.15) is 0 Å². The zero-order chi connectivity index (χ0) is 17.9. The van der Waals surface area contributed by atoms with Crippen LogP contribution in [-0.4, -0.2) is 47.2 Å². The molecule has 2 aromatic rings. The number of pyridine rings is 1. The Bertz CT molecular complexity index is 782. The molecule has 1 fully saturated rings. The average Bonchev–Trinajstić information content (AvgIpc) is 3.06. The summed E-state index contributed by atoms with van der Waals surface area (Å²) in [6.45, 7) is 5.57. The molecule has 138 valence electrons. The normalized spacial score (nSPS) is 19.9. The molecule has 0 aromatic carbocycles. The molecule has 0 bridgehead atoms. The maximum atomic E-state index is 12.7. The summed E-state index contributed by atoms with van der Waals surface area (Å²) in [5.74, 6) is 2.00. The minimum Gasteiger partial charge on any atom is -0.378 e. The van der Waals surface area contributed by atoms with E-state index in [9.17, 15) is 4.79 Å². The minimum absolute atomic E-state index is 0.00542. The number of fused-ring (bicyclic) bond motifs is 1. The van der Waals surface area contributed by atoms with Gasteiger partial charge in [-0.25, -0.2) is 9.97 Å². The Labute approximate surface area is 153 Å². The van der Waals surface area contributed by atoms with Gasteiger partial charge in [-0.05, 0) is 25.8 Å². The number of nitrogens with one attached hydrogen (secondary N) is 2. The number of carbonyl (C=O) groups excluding carboxylic acids is 1. The van der Waals surface area contributed by atoms with Crippen molar-refractivity contribution < 1.29 is 9.53 Å². The molecule has 2 N–H and O–H groups in total. The lowest BCUT2D eigenvalue weighted by Crippen LogP contribution is -2.38. The Morgan fingerprint density at radius 2 is 2.27 bits per heavy atom. The molecule has 1 saturated heterocycles. The van der Waals surface area contributed by atoms with Crippen LogP contribution in [0.1, 0.15) is 29.2 Å². The van der Waals surface area contributed by atoms with E-state index < -0.39 is 0 Å². The minimum atomic E-state index is 0.00542. The molecule has 4 rings (SSSR count). The van der Waals surface area contributed by atoms with Gasteiger partial charge in [-0.15, -0.1) is 0 Å². The maximum absolute atomic E-state index is 12.7. The first-order valence-electron chi connectivity index (χ1n) is 9.29. The number of hydrogen-bond acceptors (Lipinski definition) is 5. The molecule has 1 aliphatic carbocycles. The second-order valence-corrected chi connectivity index (χ2v) is 6.99. The number of aryl methyl sites for hydroxylation is 2. The lowest BCUT2D eigenvalue weighted by molar-refractivity contribution is -0.125. The number of imidazole rings is 1. The number of hydrogen-bond donors (Lipinski definition) is 2. The zero-order valence-corrected chi connectivity index (χ0v) is 15.1. The fourth-order valence-electron chi connectivity index (χ4n) is 3.80. The first kappa shape index (κ1) is 17.0. The van der Waals surface area contributed by atoms with E-state index in [1.54, 1.807) is 6.20 Å². The standard InChI is InChI=1S/C19H25N5O2/c1-13-22-16-5-4-14(11-17(16)23-13)19(25)21-12-15-3-2-6-20-18(15)24-7-9-26-10-8-24/h2-3,6,14H,4-5,7-12H2,1H3,(H,21,25)(H,22,23). The Morgan fingerprint density at radius 1 is 1.42 bits per heavy atom. The van der Waals surface area contributed by atoms with Crippen molar-refractivity contribution in [3.8, 4) is 0 Å². The van der Waals surface area contributed by atoms with Gasteiger partial charge in [0.2, 0.25) is 5.91 Å². The van der Waals surface area contributed by atoms with E-state index in [2.05, 4.69) is 25.2 Å². The molecule has 7 heteroatoms. The molecule has 26 heavy (non-hydrogen) atoms. The molecule has 1 aliphatic heterocycles. The van der Waals surface area contributed by atoms with Gasteiger partial charge in [0.15, 0.2) is 0 Å². The van der Waals surface area contributed by atoms with Crippen molar-refractivity contribution in [2.75, 3.05) is 31.2 Å². The van der Waals surface area contributed by atoms with Gasteiger partial charge in [-0.1, -0.05) is 6.07 Å². The SMILES string of the molecule is Cc1nc2c([nH]1)CC(C(=O)NCc1cccnc1N1CCOCC1)CC2. The van der Waals surface area contributed by atoms with Crippen LogP contribution in [-0.2, 0) is 28.9 Å². The Hall–Kier alpha value is -2.41. The van der Waals surface area contributed by atoms with Crippen LogP contribution in [0.2, 0.25) is 0 Å². The summed E-state index contributed by atoms with van der Waals surface area (Å²) in [7, 11) is 0. The number of nitrogens with zero attached hydrogens (tertiary/aromatic N) is 3. The summed E-state index contributed by atoms with van der Waals surface area (Å²) in [5, 5.41) is 3.11. The van der Waals surface area contributed by atoms with E-state index >= 15 is 0 Å². The highest BCUT2D eigenvalue weighted by molar-refractivity contribution is 5.79. The molecule has 2 aliphatic rings. The van der Waals surface area contributed by atoms with Crippen molar-refractivity contribution in [1.29, 1.82) is 0 Å². The van der Waals surface area contributed by atoms with Crippen LogP contribution in [0.4, 0.5) is 5.82 Å². The van der Waals surface area contributed by atoms with Crippen LogP contribution in [0, 0.1) is 12.8 Å². The van der Waals surface area contributed by atoms with Crippen LogP contribution in [0.25, 0.3) is 0 Å². The Kier molecular flexibility index (Phi) is 4.88. The number of ether oxygens (including phenoxy) is 1. The van der Waals surface area contributed by atoms with Gasteiger partial charge in [0.1, 0.15) is 11.6 Å². The monoisotopic (exact) mass is 355 g/mol. The summed E-state index contributed by atoms with van der Waals surface area (Å²) in [5.41, 5.74) is 3.29. The molecular formula is C19H25N5O2. The molecule has 1 amide bonds. The lowest BCUT2D eigenvalue weighted by Gasteiger charge is -2.29. The smallest absolute Gasteiger partial charge is 0.223 e. The molecule has 1 unspecified atom stereocenters. The lowest BCUT2D eigenvalue weighted by atomic mass is 9.89. The molecule has 7 nitrogen and oxygen atoms in total. The van der Waals surface area contributed by atoms with Crippen LogP contribution in [0.3, 0.4) is 0 Å². The molecule has 0 spiro atoms. The third-order valence-corrected chi connectivity index (χ3v) is 5.16. The Morgan fingerprint density at radius 3 is 3.12 bits per heavy atom. The van der Waals surface area contributed by atoms with Crippen molar-refractivity contribution in [1.82, 2.24) is 20.3 Å². The van der Waals surface area contributed by atoms with Crippen LogP contribution < -0.4 is 10.2 Å². The quantitative estimate of drug-likeness (QED) is 0.866. The summed E-state index contributed by atoms with van der Waals surface area (Å²) in [4.78, 5) is 27.2. The second kappa shape index (κ2) is 7.45. The van der Waals surface area contributed by atoms with Crippen LogP contribution in [0.15, 0.2) is 18.3 Å². The number of carbonyl (C=O) groups is 1. The fourth-order valence-corrected chi connectivity index (χ4v) is 3.80. The van der Waals surface area contributed by atoms with Crippen LogP contribution in [0.5, 0.6) is 0 Å². The molecule has 0 saturated carbocycles.